The number of carbonyl (C=O) groups is 1. The Hall–Kier alpha value is -0.790. The molecule has 1 aliphatic rings. The first-order valence-electron chi connectivity index (χ1n) is 8.67. The van der Waals surface area contributed by atoms with Crippen molar-refractivity contribution in [2.24, 2.45) is 0 Å². The van der Waals surface area contributed by atoms with Crippen molar-refractivity contribution in [3.63, 3.8) is 0 Å². The number of cyclic esters (lactones) is 1. The lowest BCUT2D eigenvalue weighted by Crippen LogP contribution is -2.17. The van der Waals surface area contributed by atoms with Gasteiger partial charge >= 0.3 is 5.97 Å². The van der Waals surface area contributed by atoms with Gasteiger partial charge in [-0.25, -0.2) is 0 Å². The van der Waals surface area contributed by atoms with Crippen molar-refractivity contribution < 1.29 is 9.53 Å². The van der Waals surface area contributed by atoms with Gasteiger partial charge in [0, 0.05) is 12.8 Å². The number of hydrogen-bond donors (Lipinski definition) is 0. The normalized spacial score (nSPS) is 24.1. The van der Waals surface area contributed by atoms with Crippen molar-refractivity contribution in [1.82, 2.24) is 0 Å². The third kappa shape index (κ3) is 9.17. The van der Waals surface area contributed by atoms with E-state index in [0.29, 0.717) is 6.42 Å². The second kappa shape index (κ2) is 12.0. The number of carbonyl (C=O) groups excluding carboxylic acids is 1. The summed E-state index contributed by atoms with van der Waals surface area (Å²) >= 11 is 0. The Morgan fingerprint density at radius 1 is 1.05 bits per heavy atom. The molecule has 0 unspecified atom stereocenters. The summed E-state index contributed by atoms with van der Waals surface area (Å²) in [6, 6.07) is 0. The van der Waals surface area contributed by atoms with E-state index in [2.05, 4.69) is 19.1 Å². The maximum absolute atomic E-state index is 11.8. The highest BCUT2D eigenvalue weighted by molar-refractivity contribution is 5.69. The monoisotopic (exact) mass is 280 g/mol. The summed E-state index contributed by atoms with van der Waals surface area (Å²) in [5, 5.41) is 0. The van der Waals surface area contributed by atoms with Crippen LogP contribution < -0.4 is 0 Å². The van der Waals surface area contributed by atoms with Crippen LogP contribution in [0.1, 0.15) is 90.4 Å². The van der Waals surface area contributed by atoms with Crippen LogP contribution in [0.4, 0.5) is 0 Å². The second-order valence-corrected chi connectivity index (χ2v) is 5.97. The zero-order valence-corrected chi connectivity index (χ0v) is 13.2. The molecule has 0 amide bonds. The van der Waals surface area contributed by atoms with Gasteiger partial charge in [-0.15, -0.1) is 0 Å². The van der Waals surface area contributed by atoms with E-state index in [9.17, 15) is 4.79 Å². The molecule has 20 heavy (non-hydrogen) atoms. The van der Waals surface area contributed by atoms with Crippen molar-refractivity contribution >= 4 is 5.97 Å². The first kappa shape index (κ1) is 17.3. The summed E-state index contributed by atoms with van der Waals surface area (Å²) in [5.41, 5.74) is 0. The highest BCUT2D eigenvalue weighted by Gasteiger charge is 2.13. The fourth-order valence-corrected chi connectivity index (χ4v) is 2.70. The summed E-state index contributed by atoms with van der Waals surface area (Å²) in [7, 11) is 0. The molecule has 116 valence electrons. The van der Waals surface area contributed by atoms with Crippen LogP contribution in [0.2, 0.25) is 0 Å². The predicted octanol–water partition coefficient (Wildman–Crippen LogP) is 5.56. The minimum absolute atomic E-state index is 0.0122. The molecule has 0 aromatic carbocycles. The first-order chi connectivity index (χ1) is 9.83. The highest BCUT2D eigenvalue weighted by Crippen LogP contribution is 2.16. The zero-order chi connectivity index (χ0) is 14.5. The minimum Gasteiger partial charge on any atom is -0.462 e. The van der Waals surface area contributed by atoms with Crippen molar-refractivity contribution in [3.8, 4) is 0 Å². The average Bonchev–Trinajstić information content (AvgIpc) is 2.46. The van der Waals surface area contributed by atoms with Gasteiger partial charge in [-0.1, -0.05) is 57.6 Å². The van der Waals surface area contributed by atoms with Gasteiger partial charge in [-0.2, -0.15) is 0 Å². The van der Waals surface area contributed by atoms with Gasteiger partial charge in [0.15, 0.2) is 0 Å². The fraction of sp³-hybridized carbons (Fsp3) is 0.833. The summed E-state index contributed by atoms with van der Waals surface area (Å²) in [6.07, 6.45) is 19.3. The zero-order valence-electron chi connectivity index (χ0n) is 13.2. The third-order valence-corrected chi connectivity index (χ3v) is 4.00. The molecular weight excluding hydrogens is 248 g/mol. The molecule has 1 heterocycles. The van der Waals surface area contributed by atoms with Crippen molar-refractivity contribution in [2.45, 2.75) is 96.5 Å². The predicted molar refractivity (Wildman–Crippen MR) is 84.7 cm³/mol. The van der Waals surface area contributed by atoms with Crippen LogP contribution in [0.5, 0.6) is 0 Å². The maximum atomic E-state index is 11.8. The lowest BCUT2D eigenvalue weighted by Gasteiger charge is -2.16. The molecule has 2 heteroatoms. The van der Waals surface area contributed by atoms with Gasteiger partial charge in [0.2, 0.25) is 0 Å². The molecule has 0 fully saturated rings. The summed E-state index contributed by atoms with van der Waals surface area (Å²) in [4.78, 5) is 11.8. The topological polar surface area (TPSA) is 26.3 Å². The van der Waals surface area contributed by atoms with Gasteiger partial charge in [0.25, 0.3) is 0 Å². The molecule has 1 aliphatic heterocycles. The Kier molecular flexibility index (Phi) is 10.3. The lowest BCUT2D eigenvalue weighted by molar-refractivity contribution is -0.149. The Bertz CT molecular complexity index is 271. The fourth-order valence-electron chi connectivity index (χ4n) is 2.70. The maximum Gasteiger partial charge on any atom is 0.306 e. The minimum atomic E-state index is 0.0122. The Morgan fingerprint density at radius 3 is 2.70 bits per heavy atom. The Labute approximate surface area is 125 Å². The van der Waals surface area contributed by atoms with E-state index in [4.69, 9.17) is 4.74 Å². The molecule has 0 aromatic rings. The molecule has 1 atom stereocenters. The Balaban J connectivity index is 2.37. The SMILES string of the molecule is CCCCCC[C@@H]1C/C=C/CCCCCCCC(=O)O1. The number of unbranched alkanes of at least 4 members (excludes halogenated alkanes) is 3. The average molecular weight is 280 g/mol. The van der Waals surface area contributed by atoms with Crippen LogP contribution >= 0.6 is 0 Å². The third-order valence-electron chi connectivity index (χ3n) is 4.00. The summed E-state index contributed by atoms with van der Waals surface area (Å²) in [5.74, 6) is 0.0122. The van der Waals surface area contributed by atoms with Crippen LogP contribution in [0.3, 0.4) is 0 Å². The van der Waals surface area contributed by atoms with Gasteiger partial charge in [-0.3, -0.25) is 4.79 Å². The number of rotatable bonds is 5. The molecule has 0 aliphatic carbocycles. The van der Waals surface area contributed by atoms with Crippen LogP contribution in [-0.4, -0.2) is 12.1 Å². The highest BCUT2D eigenvalue weighted by atomic mass is 16.5. The molecule has 2 nitrogen and oxygen atoms in total. The van der Waals surface area contributed by atoms with Crippen LogP contribution in [0.25, 0.3) is 0 Å². The molecule has 0 spiro atoms. The van der Waals surface area contributed by atoms with E-state index in [1.54, 1.807) is 0 Å². The quantitative estimate of drug-likeness (QED) is 0.374. The number of esters is 1. The largest absolute Gasteiger partial charge is 0.462 e. The van der Waals surface area contributed by atoms with E-state index in [-0.39, 0.29) is 12.1 Å². The van der Waals surface area contributed by atoms with Gasteiger partial charge in [0.1, 0.15) is 6.10 Å². The first-order valence-corrected chi connectivity index (χ1v) is 8.67. The van der Waals surface area contributed by atoms with E-state index >= 15 is 0 Å². The van der Waals surface area contributed by atoms with Gasteiger partial charge < -0.3 is 4.74 Å². The summed E-state index contributed by atoms with van der Waals surface area (Å²) in [6.45, 7) is 2.22. The van der Waals surface area contributed by atoms with Crippen molar-refractivity contribution in [3.05, 3.63) is 12.2 Å². The van der Waals surface area contributed by atoms with Crippen LogP contribution in [0.15, 0.2) is 12.2 Å². The molecule has 0 bridgehead atoms. The summed E-state index contributed by atoms with van der Waals surface area (Å²) < 4.78 is 5.65. The molecule has 0 saturated heterocycles. The van der Waals surface area contributed by atoms with E-state index in [0.717, 1.165) is 19.3 Å². The van der Waals surface area contributed by atoms with Gasteiger partial charge in [-0.05, 0) is 32.1 Å². The van der Waals surface area contributed by atoms with Crippen molar-refractivity contribution in [2.75, 3.05) is 0 Å². The molecule has 0 radical (unpaired) electrons. The smallest absolute Gasteiger partial charge is 0.306 e. The number of hydrogen-bond acceptors (Lipinski definition) is 2. The Morgan fingerprint density at radius 2 is 1.85 bits per heavy atom. The number of ether oxygens (including phenoxy) is 1. The molecule has 0 N–H and O–H groups in total. The molecular formula is C18H32O2. The van der Waals surface area contributed by atoms with E-state index in [1.165, 1.54) is 57.8 Å². The van der Waals surface area contributed by atoms with Gasteiger partial charge in [0.05, 0.1) is 0 Å². The van der Waals surface area contributed by atoms with Crippen LogP contribution in [0, 0.1) is 0 Å². The second-order valence-electron chi connectivity index (χ2n) is 5.97. The van der Waals surface area contributed by atoms with Crippen molar-refractivity contribution in [1.29, 1.82) is 0 Å². The number of allylic oxidation sites excluding steroid dienone is 1. The van der Waals surface area contributed by atoms with Crippen LogP contribution in [-0.2, 0) is 9.53 Å². The van der Waals surface area contributed by atoms with E-state index in [1.807, 2.05) is 0 Å². The molecule has 0 aromatic heterocycles. The van der Waals surface area contributed by atoms with E-state index < -0.39 is 0 Å². The standard InChI is InChI=1S/C18H32O2/c1-2-3-4-11-14-17-15-12-9-7-5-6-8-10-13-16-18(19)20-17/h9,12,17H,2-8,10-11,13-16H2,1H3/b12-9+/t17-/m1/s1. The lowest BCUT2D eigenvalue weighted by atomic mass is 10.1. The molecule has 1 rings (SSSR count). The molecule has 0 saturated carbocycles.